The highest BCUT2D eigenvalue weighted by molar-refractivity contribution is 7.95. The molecular formula is C15H15NO4S. The molecule has 1 aromatic rings. The van der Waals surface area contributed by atoms with Crippen LogP contribution in [0.25, 0.3) is 0 Å². The van der Waals surface area contributed by atoms with Crippen LogP contribution in [0.1, 0.15) is 5.56 Å². The van der Waals surface area contributed by atoms with Crippen molar-refractivity contribution in [2.75, 3.05) is 7.11 Å². The lowest BCUT2D eigenvalue weighted by atomic mass is 10.2. The van der Waals surface area contributed by atoms with Gasteiger partial charge in [-0.2, -0.15) is 0 Å². The average molecular weight is 305 g/mol. The van der Waals surface area contributed by atoms with Crippen LogP contribution in [0.2, 0.25) is 0 Å². The molecule has 3 rings (SSSR count). The van der Waals surface area contributed by atoms with Crippen molar-refractivity contribution in [2.24, 2.45) is 0 Å². The number of amides is 1. The summed E-state index contributed by atoms with van der Waals surface area (Å²) >= 11 is 0. The molecule has 2 atom stereocenters. The van der Waals surface area contributed by atoms with E-state index in [0.29, 0.717) is 0 Å². The Hall–Kier alpha value is -2.08. The Morgan fingerprint density at radius 2 is 1.86 bits per heavy atom. The number of aryl methyl sites for hydroxylation is 1. The summed E-state index contributed by atoms with van der Waals surface area (Å²) < 4.78 is 30.1. The van der Waals surface area contributed by atoms with Crippen molar-refractivity contribution in [3.63, 3.8) is 0 Å². The first kappa shape index (κ1) is 13.9. The van der Waals surface area contributed by atoms with Crippen LogP contribution in [0.5, 0.6) is 0 Å². The maximum atomic E-state index is 12.7. The van der Waals surface area contributed by atoms with E-state index in [4.69, 9.17) is 4.74 Å². The second-order valence-corrected chi connectivity index (χ2v) is 7.03. The summed E-state index contributed by atoms with van der Waals surface area (Å²) in [6.45, 7) is 1.90. The van der Waals surface area contributed by atoms with Crippen LogP contribution in [0.4, 0.5) is 4.79 Å². The number of hydrogen-bond donors (Lipinski definition) is 0. The highest BCUT2D eigenvalue weighted by Crippen LogP contribution is 2.37. The fraction of sp³-hybridized carbons (Fsp3) is 0.267. The van der Waals surface area contributed by atoms with E-state index < -0.39 is 22.0 Å². The Labute approximate surface area is 123 Å². The van der Waals surface area contributed by atoms with E-state index in [0.717, 1.165) is 5.56 Å². The highest BCUT2D eigenvalue weighted by atomic mass is 32.2. The molecule has 6 heteroatoms. The lowest BCUT2D eigenvalue weighted by molar-refractivity contribution is 0.123. The van der Waals surface area contributed by atoms with E-state index in [1.165, 1.54) is 12.0 Å². The summed E-state index contributed by atoms with van der Waals surface area (Å²) in [5.41, 5.74) is 0.993. The van der Waals surface area contributed by atoms with E-state index in [1.54, 1.807) is 42.5 Å². The normalized spacial score (nSPS) is 23.3. The fourth-order valence-electron chi connectivity index (χ4n) is 2.67. The van der Waals surface area contributed by atoms with Crippen LogP contribution in [0.3, 0.4) is 0 Å². The van der Waals surface area contributed by atoms with Crippen LogP contribution < -0.4 is 0 Å². The van der Waals surface area contributed by atoms with Crippen molar-refractivity contribution in [3.8, 4) is 0 Å². The smallest absolute Gasteiger partial charge is 0.411 e. The molecule has 0 spiro atoms. The quantitative estimate of drug-likeness (QED) is 0.784. The monoisotopic (exact) mass is 305 g/mol. The van der Waals surface area contributed by atoms with Crippen LogP contribution in [-0.2, 0) is 14.6 Å². The first-order valence-corrected chi connectivity index (χ1v) is 8.01. The van der Waals surface area contributed by atoms with Gasteiger partial charge in [0, 0.05) is 0 Å². The molecular weight excluding hydrogens is 290 g/mol. The van der Waals surface area contributed by atoms with Gasteiger partial charge in [-0.1, -0.05) is 29.8 Å². The van der Waals surface area contributed by atoms with E-state index in [-0.39, 0.29) is 15.8 Å². The highest BCUT2D eigenvalue weighted by Gasteiger charge is 2.45. The number of sulfone groups is 1. The van der Waals surface area contributed by atoms with Gasteiger partial charge < -0.3 is 4.74 Å². The van der Waals surface area contributed by atoms with Crippen molar-refractivity contribution in [1.29, 1.82) is 0 Å². The van der Waals surface area contributed by atoms with Crippen LogP contribution >= 0.6 is 0 Å². The van der Waals surface area contributed by atoms with Gasteiger partial charge in [-0.05, 0) is 25.1 Å². The van der Waals surface area contributed by atoms with Gasteiger partial charge in [0.2, 0.25) is 9.84 Å². The Morgan fingerprint density at radius 3 is 2.48 bits per heavy atom. The number of carbonyl (C=O) groups is 1. The molecule has 2 heterocycles. The fourth-order valence-corrected chi connectivity index (χ4v) is 4.26. The van der Waals surface area contributed by atoms with E-state index in [1.807, 2.05) is 6.92 Å². The number of nitrogens with zero attached hydrogens (tertiary/aromatic N) is 1. The Kier molecular flexibility index (Phi) is 3.13. The SMILES string of the molecule is COC(=O)N1[C@H]2C=C[C@@H]1C(S(=O)(=O)c1ccc(C)cc1)=C2. The molecule has 21 heavy (non-hydrogen) atoms. The number of rotatable bonds is 2. The molecule has 0 aromatic heterocycles. The molecule has 0 N–H and O–H groups in total. The van der Waals surface area contributed by atoms with Gasteiger partial charge in [0.1, 0.15) is 0 Å². The summed E-state index contributed by atoms with van der Waals surface area (Å²) in [6.07, 6.45) is 4.61. The average Bonchev–Trinajstić information content (AvgIpc) is 3.05. The van der Waals surface area contributed by atoms with E-state index in [9.17, 15) is 13.2 Å². The molecule has 0 unspecified atom stereocenters. The number of fused-ring (bicyclic) bond motifs is 2. The van der Waals surface area contributed by atoms with Gasteiger partial charge >= 0.3 is 6.09 Å². The van der Waals surface area contributed by atoms with Crippen LogP contribution in [0, 0.1) is 6.92 Å². The number of hydrogen-bond acceptors (Lipinski definition) is 4. The number of methoxy groups -OCH3 is 1. The van der Waals surface area contributed by atoms with Gasteiger partial charge in [0.15, 0.2) is 0 Å². The van der Waals surface area contributed by atoms with Gasteiger partial charge in [-0.25, -0.2) is 13.2 Å². The second kappa shape index (κ2) is 4.73. The molecule has 0 saturated carbocycles. The Balaban J connectivity index is 1.97. The summed E-state index contributed by atoms with van der Waals surface area (Å²) in [4.78, 5) is 13.7. The minimum atomic E-state index is -3.60. The van der Waals surface area contributed by atoms with Crippen LogP contribution in [-0.4, -0.2) is 38.6 Å². The molecule has 110 valence electrons. The van der Waals surface area contributed by atoms with E-state index in [2.05, 4.69) is 0 Å². The minimum Gasteiger partial charge on any atom is -0.453 e. The number of benzene rings is 1. The zero-order valence-corrected chi connectivity index (χ0v) is 12.5. The standard InChI is InChI=1S/C15H15NO4S/c1-10-3-6-12(7-4-10)21(18,19)14-9-11-5-8-13(14)16(11)15(17)20-2/h3-9,11,13H,1-2H3/t11-,13+/m0/s1. The van der Waals surface area contributed by atoms with Crippen LogP contribution in [0.15, 0.2) is 52.3 Å². The third-order valence-electron chi connectivity index (χ3n) is 3.77. The lowest BCUT2D eigenvalue weighted by Gasteiger charge is -2.22. The predicted molar refractivity (Wildman–Crippen MR) is 77.4 cm³/mol. The summed E-state index contributed by atoms with van der Waals surface area (Å²) in [5.74, 6) is 0. The van der Waals surface area contributed by atoms with Crippen molar-refractivity contribution in [1.82, 2.24) is 4.90 Å². The summed E-state index contributed by atoms with van der Waals surface area (Å²) in [6, 6.07) is 5.77. The molecule has 0 saturated heterocycles. The van der Waals surface area contributed by atoms with Gasteiger partial charge in [0.05, 0.1) is 29.0 Å². The molecule has 2 aliphatic heterocycles. The van der Waals surface area contributed by atoms with Crippen molar-refractivity contribution in [3.05, 3.63) is 53.0 Å². The van der Waals surface area contributed by atoms with E-state index >= 15 is 0 Å². The third-order valence-corrected chi connectivity index (χ3v) is 5.66. The van der Waals surface area contributed by atoms with Gasteiger partial charge in [-0.15, -0.1) is 0 Å². The third kappa shape index (κ3) is 2.06. The first-order chi connectivity index (χ1) is 9.95. The van der Waals surface area contributed by atoms with Crippen molar-refractivity contribution < 1.29 is 17.9 Å². The number of ether oxygens (including phenoxy) is 1. The Morgan fingerprint density at radius 1 is 1.19 bits per heavy atom. The molecule has 2 aliphatic rings. The topological polar surface area (TPSA) is 63.7 Å². The lowest BCUT2D eigenvalue weighted by Crippen LogP contribution is -2.38. The predicted octanol–water partition coefficient (Wildman–Crippen LogP) is 2.04. The largest absolute Gasteiger partial charge is 0.453 e. The van der Waals surface area contributed by atoms with Crippen molar-refractivity contribution in [2.45, 2.75) is 23.9 Å². The molecule has 0 fully saturated rings. The van der Waals surface area contributed by atoms with Gasteiger partial charge in [0.25, 0.3) is 0 Å². The molecule has 5 nitrogen and oxygen atoms in total. The molecule has 0 aliphatic carbocycles. The molecule has 2 bridgehead atoms. The van der Waals surface area contributed by atoms with Gasteiger partial charge in [-0.3, -0.25) is 4.90 Å². The summed E-state index contributed by atoms with van der Waals surface area (Å²) in [5, 5.41) is 0. The molecule has 1 aromatic carbocycles. The zero-order valence-electron chi connectivity index (χ0n) is 11.7. The minimum absolute atomic E-state index is 0.240. The zero-order chi connectivity index (χ0) is 15.2. The van der Waals surface area contributed by atoms with Crippen molar-refractivity contribution >= 4 is 15.9 Å². The molecule has 1 amide bonds. The summed E-state index contributed by atoms with van der Waals surface area (Å²) in [7, 11) is -2.31. The Bertz CT molecular complexity index is 746. The maximum Gasteiger partial charge on any atom is 0.411 e. The first-order valence-electron chi connectivity index (χ1n) is 6.53. The maximum absolute atomic E-state index is 12.7. The molecule has 0 radical (unpaired) electrons. The number of carbonyl (C=O) groups excluding carboxylic acids is 1. The second-order valence-electron chi connectivity index (χ2n) is 5.08.